The Balaban J connectivity index is 1.56. The van der Waals surface area contributed by atoms with Gasteiger partial charge in [-0.15, -0.1) is 11.3 Å². The second kappa shape index (κ2) is 9.08. The molecule has 0 aliphatic carbocycles. The number of aliphatic hydroxyl groups is 1. The van der Waals surface area contributed by atoms with E-state index in [0.717, 1.165) is 17.4 Å². The molecule has 140 valence electrons. The number of nitrogens with zero attached hydrogens (tertiary/aromatic N) is 2. The molecule has 0 saturated carbocycles. The van der Waals surface area contributed by atoms with Crippen LogP contribution in [0.3, 0.4) is 0 Å². The number of amides is 1. The Kier molecular flexibility index (Phi) is 6.80. The minimum Gasteiger partial charge on any atom is -0.395 e. The third kappa shape index (κ3) is 4.91. The van der Waals surface area contributed by atoms with Crippen LogP contribution in [-0.4, -0.2) is 47.1 Å². The molecule has 2 heterocycles. The van der Waals surface area contributed by atoms with Crippen molar-refractivity contribution in [2.75, 3.05) is 26.2 Å². The number of hydrogen-bond donors (Lipinski definition) is 1. The van der Waals surface area contributed by atoms with E-state index in [1.807, 2.05) is 9.80 Å². The van der Waals surface area contributed by atoms with E-state index in [9.17, 15) is 14.3 Å². The Hall–Kier alpha value is -1.28. The number of carbonyl (C=O) groups is 1. The Labute approximate surface area is 165 Å². The molecule has 1 aliphatic rings. The maximum Gasteiger partial charge on any atom is 0.224 e. The average Bonchev–Trinajstić information content (AvgIpc) is 3.10. The molecule has 1 N–H and O–H groups in total. The number of hydrogen-bond acceptors (Lipinski definition) is 4. The van der Waals surface area contributed by atoms with Crippen molar-refractivity contribution in [3.05, 3.63) is 55.9 Å². The molecule has 3 rings (SSSR count). The minimum atomic E-state index is -0.275. The smallest absolute Gasteiger partial charge is 0.224 e. The summed E-state index contributed by atoms with van der Waals surface area (Å²) in [5, 5.41) is 11.4. The topological polar surface area (TPSA) is 43.8 Å². The van der Waals surface area contributed by atoms with Gasteiger partial charge in [0, 0.05) is 54.1 Å². The molecule has 0 unspecified atom stereocenters. The van der Waals surface area contributed by atoms with Crippen molar-refractivity contribution >= 4 is 33.2 Å². The molecule has 0 bridgehead atoms. The fourth-order valence-electron chi connectivity index (χ4n) is 3.19. The fourth-order valence-corrected chi connectivity index (χ4v) is 4.49. The number of carbonyl (C=O) groups excluding carboxylic acids is 1. The van der Waals surface area contributed by atoms with Gasteiger partial charge in [-0.2, -0.15) is 0 Å². The molecular weight excluding hydrogens is 419 g/mol. The van der Waals surface area contributed by atoms with Crippen LogP contribution in [-0.2, 0) is 24.3 Å². The zero-order chi connectivity index (χ0) is 18.5. The van der Waals surface area contributed by atoms with E-state index in [1.165, 1.54) is 16.5 Å². The monoisotopic (exact) mass is 440 g/mol. The van der Waals surface area contributed by atoms with Crippen LogP contribution >= 0.6 is 27.3 Å². The first-order chi connectivity index (χ1) is 12.6. The maximum atomic E-state index is 14.0. The number of halogens is 2. The summed E-state index contributed by atoms with van der Waals surface area (Å²) in [6, 6.07) is 6.92. The lowest BCUT2D eigenvalue weighted by Gasteiger charge is -2.28. The van der Waals surface area contributed by atoms with Gasteiger partial charge in [0.1, 0.15) is 5.82 Å². The summed E-state index contributed by atoms with van der Waals surface area (Å²) in [4.78, 5) is 17.8. The van der Waals surface area contributed by atoms with Crippen LogP contribution in [0.5, 0.6) is 0 Å². The van der Waals surface area contributed by atoms with Gasteiger partial charge in [-0.3, -0.25) is 9.69 Å². The zero-order valence-corrected chi connectivity index (χ0v) is 16.9. The van der Waals surface area contributed by atoms with Crippen molar-refractivity contribution in [2.24, 2.45) is 0 Å². The van der Waals surface area contributed by atoms with Gasteiger partial charge in [0.05, 0.1) is 6.61 Å². The molecule has 1 aromatic heterocycles. The summed E-state index contributed by atoms with van der Waals surface area (Å²) in [6.45, 7) is 2.69. The molecule has 1 aromatic carbocycles. The molecular formula is C19H22BrFN2O2S. The third-order valence-corrected chi connectivity index (χ3v) is 6.14. The van der Waals surface area contributed by atoms with Crippen molar-refractivity contribution < 1.29 is 14.3 Å². The number of thiophene rings is 1. The summed E-state index contributed by atoms with van der Waals surface area (Å²) in [5.74, 6) is -0.164. The van der Waals surface area contributed by atoms with Gasteiger partial charge in [0.15, 0.2) is 0 Å². The van der Waals surface area contributed by atoms with Crippen LogP contribution in [0.4, 0.5) is 4.39 Å². The zero-order valence-electron chi connectivity index (χ0n) is 14.5. The van der Waals surface area contributed by atoms with Crippen LogP contribution < -0.4 is 0 Å². The highest BCUT2D eigenvalue weighted by Crippen LogP contribution is 2.24. The van der Waals surface area contributed by atoms with E-state index in [0.29, 0.717) is 38.2 Å². The predicted octanol–water partition coefficient (Wildman–Crippen LogP) is 3.42. The first-order valence-corrected chi connectivity index (χ1v) is 10.3. The molecule has 2 aromatic rings. The van der Waals surface area contributed by atoms with Crippen LogP contribution in [0, 0.1) is 5.82 Å². The Morgan fingerprint density at radius 3 is 3.00 bits per heavy atom. The third-order valence-electron chi connectivity index (χ3n) is 4.62. The SMILES string of the molecule is O=C(CCN(CCO)Cc1cc(Br)ccc1F)N1CCc2sccc2C1. The second-order valence-electron chi connectivity index (χ2n) is 6.42. The molecule has 1 amide bonds. The van der Waals surface area contributed by atoms with E-state index in [1.54, 1.807) is 23.5 Å². The standard InChI is InChI=1S/C19H22BrFN2O2S/c20-16-1-2-17(21)15(11-16)12-22(8-9-24)6-4-19(25)23-7-3-18-14(13-23)5-10-26-18/h1-2,5,10-11,24H,3-4,6-9,12-13H2. The lowest BCUT2D eigenvalue weighted by Crippen LogP contribution is -2.38. The van der Waals surface area contributed by atoms with Gasteiger partial charge >= 0.3 is 0 Å². The first-order valence-electron chi connectivity index (χ1n) is 8.67. The summed E-state index contributed by atoms with van der Waals surface area (Å²) >= 11 is 5.11. The molecule has 0 saturated heterocycles. The summed E-state index contributed by atoms with van der Waals surface area (Å²) in [6.07, 6.45) is 1.29. The molecule has 1 aliphatic heterocycles. The minimum absolute atomic E-state index is 0.0220. The van der Waals surface area contributed by atoms with E-state index < -0.39 is 0 Å². The maximum absolute atomic E-state index is 14.0. The van der Waals surface area contributed by atoms with Crippen LogP contribution in [0.25, 0.3) is 0 Å². The second-order valence-corrected chi connectivity index (χ2v) is 8.34. The quantitative estimate of drug-likeness (QED) is 0.716. The highest BCUT2D eigenvalue weighted by Gasteiger charge is 2.22. The first kappa shape index (κ1) is 19.5. The predicted molar refractivity (Wildman–Crippen MR) is 105 cm³/mol. The van der Waals surface area contributed by atoms with Crippen molar-refractivity contribution in [2.45, 2.75) is 25.9 Å². The highest BCUT2D eigenvalue weighted by molar-refractivity contribution is 9.10. The van der Waals surface area contributed by atoms with Gasteiger partial charge in [0.25, 0.3) is 0 Å². The van der Waals surface area contributed by atoms with Crippen LogP contribution in [0.1, 0.15) is 22.4 Å². The van der Waals surface area contributed by atoms with Gasteiger partial charge in [-0.05, 0) is 41.6 Å². The summed E-state index contributed by atoms with van der Waals surface area (Å²) in [5.41, 5.74) is 1.80. The number of fused-ring (bicyclic) bond motifs is 1. The van der Waals surface area contributed by atoms with E-state index in [-0.39, 0.29) is 18.3 Å². The highest BCUT2D eigenvalue weighted by atomic mass is 79.9. The molecule has 7 heteroatoms. The Bertz CT molecular complexity index is 768. The van der Waals surface area contributed by atoms with Crippen LogP contribution in [0.15, 0.2) is 34.1 Å². The van der Waals surface area contributed by atoms with E-state index in [4.69, 9.17) is 0 Å². The van der Waals surface area contributed by atoms with Gasteiger partial charge in [0.2, 0.25) is 5.91 Å². The van der Waals surface area contributed by atoms with Crippen molar-refractivity contribution in [1.29, 1.82) is 0 Å². The molecule has 0 radical (unpaired) electrons. The lowest BCUT2D eigenvalue weighted by molar-refractivity contribution is -0.132. The van der Waals surface area contributed by atoms with Crippen molar-refractivity contribution in [1.82, 2.24) is 9.80 Å². The van der Waals surface area contributed by atoms with Gasteiger partial charge < -0.3 is 10.0 Å². The van der Waals surface area contributed by atoms with Crippen LogP contribution in [0.2, 0.25) is 0 Å². The number of aliphatic hydroxyl groups excluding tert-OH is 1. The molecule has 26 heavy (non-hydrogen) atoms. The van der Waals surface area contributed by atoms with Crippen molar-refractivity contribution in [3.8, 4) is 0 Å². The Morgan fingerprint density at radius 1 is 1.35 bits per heavy atom. The number of rotatable bonds is 7. The fraction of sp³-hybridized carbons (Fsp3) is 0.421. The summed E-state index contributed by atoms with van der Waals surface area (Å²) < 4.78 is 14.8. The number of benzene rings is 1. The van der Waals surface area contributed by atoms with Gasteiger partial charge in [-0.1, -0.05) is 15.9 Å². The van der Waals surface area contributed by atoms with E-state index >= 15 is 0 Å². The normalized spacial score (nSPS) is 13.9. The Morgan fingerprint density at radius 2 is 2.19 bits per heavy atom. The van der Waals surface area contributed by atoms with Crippen molar-refractivity contribution in [3.63, 3.8) is 0 Å². The molecule has 0 atom stereocenters. The molecule has 0 spiro atoms. The summed E-state index contributed by atoms with van der Waals surface area (Å²) in [7, 11) is 0. The van der Waals surface area contributed by atoms with Gasteiger partial charge in [-0.25, -0.2) is 4.39 Å². The molecule has 0 fully saturated rings. The van der Waals surface area contributed by atoms with E-state index in [2.05, 4.69) is 27.4 Å². The average molecular weight is 441 g/mol. The largest absolute Gasteiger partial charge is 0.395 e. The lowest BCUT2D eigenvalue weighted by atomic mass is 10.1. The molecule has 4 nitrogen and oxygen atoms in total.